The van der Waals surface area contributed by atoms with Crippen molar-refractivity contribution in [1.29, 1.82) is 0 Å². The molecule has 1 heterocycles. The van der Waals surface area contributed by atoms with Crippen molar-refractivity contribution in [2.75, 3.05) is 11.9 Å². The number of fused-ring (bicyclic) bond motifs is 3. The lowest BCUT2D eigenvalue weighted by Gasteiger charge is -2.37. The van der Waals surface area contributed by atoms with Crippen LogP contribution in [0.15, 0.2) is 109 Å². The van der Waals surface area contributed by atoms with Gasteiger partial charge in [-0.25, -0.2) is 4.79 Å². The number of anilines is 1. The highest BCUT2D eigenvalue weighted by Crippen LogP contribution is 2.50. The quantitative estimate of drug-likeness (QED) is 0.160. The molecule has 4 aromatic carbocycles. The predicted molar refractivity (Wildman–Crippen MR) is 151 cm³/mol. The van der Waals surface area contributed by atoms with Crippen molar-refractivity contribution in [2.45, 2.75) is 18.4 Å². The van der Waals surface area contributed by atoms with Gasteiger partial charge in [0.2, 0.25) is 0 Å². The highest BCUT2D eigenvalue weighted by molar-refractivity contribution is 6.30. The molecule has 2 aliphatic rings. The number of benzene rings is 4. The van der Waals surface area contributed by atoms with Crippen LogP contribution in [0.3, 0.4) is 0 Å². The first-order valence-corrected chi connectivity index (χ1v) is 13.1. The van der Waals surface area contributed by atoms with Gasteiger partial charge in [0.1, 0.15) is 0 Å². The van der Waals surface area contributed by atoms with E-state index in [0.29, 0.717) is 17.0 Å². The van der Waals surface area contributed by atoms with Crippen LogP contribution < -0.4 is 5.32 Å². The first kappa shape index (κ1) is 24.2. The van der Waals surface area contributed by atoms with Gasteiger partial charge in [-0.2, -0.15) is 0 Å². The number of nitrogens with one attached hydrogen (secondary N) is 1. The lowest BCUT2D eigenvalue weighted by atomic mass is 9.76. The standard InChI is InChI=1S/C33H26ClNO3/c34-26-16-13-24(14-17-26)32-28-8-4-7-27(28)29-19-25(15-18-30(29)35-32)33(37)38-20-31(36)23-11-9-22(10-12-23)21-5-2-1-3-6-21/h1-7,9-19,27-28,32,35H,8,20H2/t27-,28+,32+/m1/s1. The van der Waals surface area contributed by atoms with E-state index in [4.69, 9.17) is 16.3 Å². The van der Waals surface area contributed by atoms with Crippen molar-refractivity contribution in [2.24, 2.45) is 5.92 Å². The van der Waals surface area contributed by atoms with Gasteiger partial charge in [-0.1, -0.05) is 90.5 Å². The second kappa shape index (κ2) is 10.3. The fourth-order valence-corrected chi connectivity index (χ4v) is 5.62. The van der Waals surface area contributed by atoms with E-state index in [-0.39, 0.29) is 24.3 Å². The zero-order valence-corrected chi connectivity index (χ0v) is 21.4. The van der Waals surface area contributed by atoms with E-state index < -0.39 is 5.97 Å². The van der Waals surface area contributed by atoms with Gasteiger partial charge >= 0.3 is 5.97 Å². The Hall–Kier alpha value is -4.15. The number of halogens is 1. The minimum atomic E-state index is -0.500. The summed E-state index contributed by atoms with van der Waals surface area (Å²) in [6, 6.07) is 31.0. The third-order valence-electron chi connectivity index (χ3n) is 7.48. The van der Waals surface area contributed by atoms with Gasteiger partial charge in [0.05, 0.1) is 11.6 Å². The van der Waals surface area contributed by atoms with E-state index >= 15 is 0 Å². The normalized spacial score (nSPS) is 19.2. The number of Topliss-reactive ketones (excluding diaryl/α,β-unsaturated/α-hetero) is 1. The number of rotatable bonds is 6. The van der Waals surface area contributed by atoms with Crippen LogP contribution in [0.1, 0.15) is 50.2 Å². The fourth-order valence-electron chi connectivity index (χ4n) is 5.50. The summed E-state index contributed by atoms with van der Waals surface area (Å²) in [5.74, 6) is -0.192. The Labute approximate surface area is 226 Å². The van der Waals surface area contributed by atoms with E-state index in [2.05, 4.69) is 29.6 Å². The molecule has 0 bridgehead atoms. The molecule has 3 atom stereocenters. The maximum Gasteiger partial charge on any atom is 0.338 e. The molecule has 1 aliphatic heterocycles. The molecule has 0 radical (unpaired) electrons. The lowest BCUT2D eigenvalue weighted by molar-refractivity contribution is 0.0474. The highest BCUT2D eigenvalue weighted by Gasteiger charge is 2.38. The van der Waals surface area contributed by atoms with Crippen LogP contribution in [-0.2, 0) is 4.74 Å². The van der Waals surface area contributed by atoms with Crippen molar-refractivity contribution >= 4 is 29.0 Å². The number of ether oxygens (including phenoxy) is 1. The smallest absolute Gasteiger partial charge is 0.338 e. The molecular weight excluding hydrogens is 494 g/mol. The molecule has 5 heteroatoms. The molecule has 4 aromatic rings. The summed E-state index contributed by atoms with van der Waals surface area (Å²) in [4.78, 5) is 25.6. The molecule has 6 rings (SSSR count). The van der Waals surface area contributed by atoms with Crippen LogP contribution in [0.25, 0.3) is 11.1 Å². The minimum absolute atomic E-state index is 0.156. The Morgan fingerprint density at radius 1 is 0.842 bits per heavy atom. The summed E-state index contributed by atoms with van der Waals surface area (Å²) in [7, 11) is 0. The van der Waals surface area contributed by atoms with Crippen molar-refractivity contribution < 1.29 is 14.3 Å². The van der Waals surface area contributed by atoms with Crippen molar-refractivity contribution in [3.05, 3.63) is 136 Å². The molecule has 4 nitrogen and oxygen atoms in total. The SMILES string of the molecule is O=C(COC(=O)c1ccc2c(c1)[C@@H]1C=CC[C@@H]1[C@H](c1ccc(Cl)cc1)N2)c1ccc(-c2ccccc2)cc1. The predicted octanol–water partition coefficient (Wildman–Crippen LogP) is 7.87. The number of hydrogen-bond acceptors (Lipinski definition) is 4. The number of ketones is 1. The monoisotopic (exact) mass is 519 g/mol. The van der Waals surface area contributed by atoms with Gasteiger partial charge in [0.15, 0.2) is 12.4 Å². The zero-order valence-electron chi connectivity index (χ0n) is 20.6. The van der Waals surface area contributed by atoms with E-state index in [1.807, 2.05) is 66.7 Å². The van der Waals surface area contributed by atoms with Gasteiger partial charge < -0.3 is 10.1 Å². The van der Waals surface area contributed by atoms with Crippen LogP contribution in [0, 0.1) is 5.92 Å². The lowest BCUT2D eigenvalue weighted by Crippen LogP contribution is -2.29. The van der Waals surface area contributed by atoms with Gasteiger partial charge in [0.25, 0.3) is 0 Å². The molecule has 38 heavy (non-hydrogen) atoms. The van der Waals surface area contributed by atoms with Gasteiger partial charge in [-0.15, -0.1) is 0 Å². The molecule has 1 N–H and O–H groups in total. The van der Waals surface area contributed by atoms with Gasteiger partial charge in [-0.05, 0) is 64.9 Å². The number of hydrogen-bond donors (Lipinski definition) is 1. The zero-order chi connectivity index (χ0) is 26.1. The Bertz CT molecular complexity index is 1510. The van der Waals surface area contributed by atoms with Gasteiger partial charge in [-0.3, -0.25) is 4.79 Å². The molecule has 0 amide bonds. The first-order valence-electron chi connectivity index (χ1n) is 12.8. The molecule has 0 fully saturated rings. The number of carbonyl (C=O) groups excluding carboxylic acids is 2. The number of carbonyl (C=O) groups is 2. The fraction of sp³-hybridized carbons (Fsp3) is 0.152. The third kappa shape index (κ3) is 4.75. The van der Waals surface area contributed by atoms with E-state index in [1.165, 1.54) is 5.56 Å². The Balaban J connectivity index is 1.14. The Morgan fingerprint density at radius 2 is 1.55 bits per heavy atom. The van der Waals surface area contributed by atoms with Crippen molar-refractivity contribution in [3.8, 4) is 11.1 Å². The summed E-state index contributed by atoms with van der Waals surface area (Å²) in [6.07, 6.45) is 5.39. The summed E-state index contributed by atoms with van der Waals surface area (Å²) < 4.78 is 5.42. The molecule has 0 spiro atoms. The number of esters is 1. The maximum atomic E-state index is 12.9. The molecule has 0 saturated heterocycles. The maximum absolute atomic E-state index is 12.9. The van der Waals surface area contributed by atoms with Crippen LogP contribution in [0.4, 0.5) is 5.69 Å². The van der Waals surface area contributed by atoms with Gasteiger partial charge in [0, 0.05) is 22.2 Å². The second-order valence-corrected chi connectivity index (χ2v) is 10.2. The molecule has 0 unspecified atom stereocenters. The van der Waals surface area contributed by atoms with Crippen LogP contribution in [0.5, 0.6) is 0 Å². The molecule has 188 valence electrons. The van der Waals surface area contributed by atoms with Crippen LogP contribution >= 0.6 is 11.6 Å². The largest absolute Gasteiger partial charge is 0.454 e. The number of allylic oxidation sites excluding steroid dienone is 2. The Kier molecular flexibility index (Phi) is 6.57. The van der Waals surface area contributed by atoms with E-state index in [1.54, 1.807) is 18.2 Å². The van der Waals surface area contributed by atoms with E-state index in [9.17, 15) is 9.59 Å². The molecule has 1 aliphatic carbocycles. The van der Waals surface area contributed by atoms with Crippen LogP contribution in [0.2, 0.25) is 5.02 Å². The molecule has 0 aromatic heterocycles. The molecular formula is C33H26ClNO3. The average Bonchev–Trinajstić information content (AvgIpc) is 3.47. The summed E-state index contributed by atoms with van der Waals surface area (Å²) in [5.41, 5.74) is 6.34. The van der Waals surface area contributed by atoms with Crippen LogP contribution in [-0.4, -0.2) is 18.4 Å². The molecule has 0 saturated carbocycles. The van der Waals surface area contributed by atoms with Crippen molar-refractivity contribution in [1.82, 2.24) is 0 Å². The summed E-state index contributed by atoms with van der Waals surface area (Å²) in [6.45, 7) is -0.302. The highest BCUT2D eigenvalue weighted by atomic mass is 35.5. The first-order chi connectivity index (χ1) is 18.6. The second-order valence-electron chi connectivity index (χ2n) is 9.77. The minimum Gasteiger partial charge on any atom is -0.454 e. The van der Waals surface area contributed by atoms with E-state index in [0.717, 1.165) is 33.8 Å². The topological polar surface area (TPSA) is 55.4 Å². The summed E-state index contributed by atoms with van der Waals surface area (Å²) >= 11 is 6.10. The summed E-state index contributed by atoms with van der Waals surface area (Å²) in [5, 5.41) is 4.39. The average molecular weight is 520 g/mol. The van der Waals surface area contributed by atoms with Crippen molar-refractivity contribution in [3.63, 3.8) is 0 Å². The third-order valence-corrected chi connectivity index (χ3v) is 7.73. The Morgan fingerprint density at radius 3 is 2.32 bits per heavy atom.